The smallest absolute Gasteiger partial charge is 0.399 e. The summed E-state index contributed by atoms with van der Waals surface area (Å²) in [6.45, 7) is 7.08. The number of nitriles is 1. The number of nitrogens with one attached hydrogen (secondary N) is 1. The maximum absolute atomic E-state index is 14.1. The Labute approximate surface area is 148 Å². The van der Waals surface area contributed by atoms with E-state index < -0.39 is 41.9 Å². The van der Waals surface area contributed by atoms with Crippen LogP contribution in [0.3, 0.4) is 0 Å². The molecule has 1 fully saturated rings. The van der Waals surface area contributed by atoms with Gasteiger partial charge in [-0.1, -0.05) is 0 Å². The summed E-state index contributed by atoms with van der Waals surface area (Å²) in [5, 5.41) is 10.4. The Bertz CT molecular complexity index is 756. The first-order chi connectivity index (χ1) is 11.8. The van der Waals surface area contributed by atoms with Crippen LogP contribution < -0.4 is 10.8 Å². The maximum atomic E-state index is 14.1. The van der Waals surface area contributed by atoms with Gasteiger partial charge in [-0.15, -0.1) is 0 Å². The van der Waals surface area contributed by atoms with E-state index in [9.17, 15) is 22.4 Å². The van der Waals surface area contributed by atoms with E-state index in [1.54, 1.807) is 27.7 Å². The number of carbonyl (C=O) groups is 1. The van der Waals surface area contributed by atoms with Crippen LogP contribution in [0.1, 0.15) is 33.3 Å². The van der Waals surface area contributed by atoms with Gasteiger partial charge in [0, 0.05) is 0 Å². The van der Waals surface area contributed by atoms with Gasteiger partial charge in [-0.2, -0.15) is 18.4 Å². The number of hydrogen-bond acceptors (Lipinski definition) is 4. The van der Waals surface area contributed by atoms with E-state index in [0.717, 1.165) is 12.1 Å². The fourth-order valence-electron chi connectivity index (χ4n) is 2.35. The first-order valence-electron chi connectivity index (χ1n) is 7.71. The third-order valence-corrected chi connectivity index (χ3v) is 4.51. The minimum absolute atomic E-state index is 0.184. The number of benzene rings is 1. The molecular formula is C16H17BF4N2O3. The minimum atomic E-state index is -5.16. The van der Waals surface area contributed by atoms with Crippen molar-refractivity contribution in [3.63, 3.8) is 0 Å². The second-order valence-corrected chi connectivity index (χ2v) is 6.91. The number of hydrogen-bond donors (Lipinski definition) is 1. The molecule has 0 atom stereocenters. The molecule has 5 nitrogen and oxygen atoms in total. The predicted molar refractivity (Wildman–Crippen MR) is 86.1 cm³/mol. The Kier molecular flexibility index (Phi) is 5.09. The van der Waals surface area contributed by atoms with Crippen molar-refractivity contribution >= 4 is 24.2 Å². The van der Waals surface area contributed by atoms with Gasteiger partial charge in [-0.05, 0) is 50.9 Å². The predicted octanol–water partition coefficient (Wildman–Crippen LogP) is 2.69. The molecule has 0 spiro atoms. The van der Waals surface area contributed by atoms with Crippen molar-refractivity contribution in [3.8, 4) is 6.07 Å². The average Bonchev–Trinajstić information content (AvgIpc) is 2.69. The fraction of sp³-hybridized carbons (Fsp3) is 0.500. The Hall–Kier alpha value is -2.12. The Balaban J connectivity index is 2.46. The van der Waals surface area contributed by atoms with Gasteiger partial charge in [-0.25, -0.2) is 4.39 Å². The normalized spacial score (nSPS) is 18.5. The molecule has 0 unspecified atom stereocenters. The highest BCUT2D eigenvalue weighted by molar-refractivity contribution is 6.62. The minimum Gasteiger partial charge on any atom is -0.399 e. The van der Waals surface area contributed by atoms with Crippen molar-refractivity contribution in [2.24, 2.45) is 0 Å². The Morgan fingerprint density at radius 3 is 2.23 bits per heavy atom. The average molecular weight is 372 g/mol. The van der Waals surface area contributed by atoms with Crippen LogP contribution in [0.25, 0.3) is 0 Å². The number of carbonyl (C=O) groups excluding carboxylic acids is 1. The Morgan fingerprint density at radius 2 is 1.77 bits per heavy atom. The van der Waals surface area contributed by atoms with Gasteiger partial charge in [0.15, 0.2) is 0 Å². The van der Waals surface area contributed by atoms with Crippen LogP contribution in [0.4, 0.5) is 23.2 Å². The zero-order valence-corrected chi connectivity index (χ0v) is 14.6. The molecule has 2 rings (SSSR count). The maximum Gasteiger partial charge on any atom is 0.495 e. The summed E-state index contributed by atoms with van der Waals surface area (Å²) in [6.07, 6.45) is -5.37. The van der Waals surface area contributed by atoms with Gasteiger partial charge in [-0.3, -0.25) is 4.79 Å². The zero-order chi connectivity index (χ0) is 19.9. The first-order valence-corrected chi connectivity index (χ1v) is 7.71. The molecular weight excluding hydrogens is 355 g/mol. The number of alkyl halides is 3. The summed E-state index contributed by atoms with van der Waals surface area (Å²) >= 11 is 0. The number of rotatable bonds is 3. The van der Waals surface area contributed by atoms with Crippen LogP contribution in [0.15, 0.2) is 12.1 Å². The molecule has 0 radical (unpaired) electrons. The highest BCUT2D eigenvalue weighted by Gasteiger charge is 2.52. The Morgan fingerprint density at radius 1 is 1.23 bits per heavy atom. The molecule has 1 heterocycles. The van der Waals surface area contributed by atoms with E-state index in [1.165, 1.54) is 5.32 Å². The van der Waals surface area contributed by atoms with Crippen molar-refractivity contribution in [2.45, 2.75) is 51.5 Å². The topological polar surface area (TPSA) is 71.3 Å². The molecule has 1 aliphatic rings. The van der Waals surface area contributed by atoms with Crippen LogP contribution >= 0.6 is 0 Å². The van der Waals surface area contributed by atoms with Gasteiger partial charge in [0.1, 0.15) is 5.82 Å². The summed E-state index contributed by atoms with van der Waals surface area (Å²) in [6, 6.07) is 3.76. The number of anilines is 1. The summed E-state index contributed by atoms with van der Waals surface area (Å²) < 4.78 is 63.1. The second kappa shape index (κ2) is 6.56. The molecule has 1 saturated heterocycles. The van der Waals surface area contributed by atoms with Crippen molar-refractivity contribution < 1.29 is 31.7 Å². The highest BCUT2D eigenvalue weighted by Crippen LogP contribution is 2.37. The molecule has 0 saturated carbocycles. The molecule has 0 aromatic heterocycles. The molecule has 1 aromatic rings. The molecule has 1 amide bonds. The van der Waals surface area contributed by atoms with E-state index >= 15 is 0 Å². The van der Waals surface area contributed by atoms with Crippen molar-refractivity contribution in [1.82, 2.24) is 0 Å². The fourth-order valence-corrected chi connectivity index (χ4v) is 2.35. The second-order valence-electron chi connectivity index (χ2n) is 6.91. The lowest BCUT2D eigenvalue weighted by Crippen LogP contribution is -2.41. The lowest BCUT2D eigenvalue weighted by Gasteiger charge is -2.32. The van der Waals surface area contributed by atoms with Gasteiger partial charge >= 0.3 is 19.2 Å². The number of nitrogens with zero attached hydrogens (tertiary/aromatic N) is 1. The number of halogens is 4. The molecule has 140 valence electrons. The van der Waals surface area contributed by atoms with Crippen LogP contribution in [-0.2, 0) is 20.5 Å². The molecule has 10 heteroatoms. The summed E-state index contributed by atoms with van der Waals surface area (Å²) in [7, 11) is -1.02. The lowest BCUT2D eigenvalue weighted by atomic mass is 9.75. The molecule has 1 aromatic carbocycles. The van der Waals surface area contributed by atoms with Crippen molar-refractivity contribution in [1.29, 1.82) is 5.26 Å². The van der Waals surface area contributed by atoms with E-state index in [1.807, 2.05) is 6.07 Å². The van der Waals surface area contributed by atoms with Crippen LogP contribution in [-0.4, -0.2) is 30.4 Å². The van der Waals surface area contributed by atoms with E-state index in [-0.39, 0.29) is 17.4 Å². The molecule has 1 aliphatic heterocycles. The zero-order valence-electron chi connectivity index (χ0n) is 14.6. The van der Waals surface area contributed by atoms with Crippen LogP contribution in [0.2, 0.25) is 0 Å². The first kappa shape index (κ1) is 20.2. The van der Waals surface area contributed by atoms with Gasteiger partial charge in [0.2, 0.25) is 0 Å². The van der Waals surface area contributed by atoms with Crippen LogP contribution in [0.5, 0.6) is 0 Å². The van der Waals surface area contributed by atoms with E-state index in [0.29, 0.717) is 0 Å². The van der Waals surface area contributed by atoms with Crippen molar-refractivity contribution in [2.75, 3.05) is 5.32 Å². The number of amides is 1. The van der Waals surface area contributed by atoms with E-state index in [2.05, 4.69) is 0 Å². The monoisotopic (exact) mass is 372 g/mol. The third kappa shape index (κ3) is 3.84. The molecule has 0 bridgehead atoms. The largest absolute Gasteiger partial charge is 0.495 e. The summed E-state index contributed by atoms with van der Waals surface area (Å²) in [5.41, 5.74) is -1.77. The molecule has 1 N–H and O–H groups in total. The van der Waals surface area contributed by atoms with Gasteiger partial charge in [0.25, 0.3) is 0 Å². The highest BCUT2D eigenvalue weighted by atomic mass is 19.4. The standard InChI is InChI=1S/C16H17BF4N2O3/c1-14(2)15(3,4)26-17(25-14)10-8-12(23-13(24)16(19,20)21)11(18)7-9(10)5-6-22/h7-8H,5H2,1-4H3,(H,23,24). The molecule has 26 heavy (non-hydrogen) atoms. The third-order valence-electron chi connectivity index (χ3n) is 4.51. The van der Waals surface area contributed by atoms with E-state index in [4.69, 9.17) is 14.6 Å². The quantitative estimate of drug-likeness (QED) is 0.654. The summed E-state index contributed by atoms with van der Waals surface area (Å²) in [4.78, 5) is 11.1. The van der Waals surface area contributed by atoms with Crippen molar-refractivity contribution in [3.05, 3.63) is 23.5 Å². The SMILES string of the molecule is CC1(C)OB(c2cc(NC(=O)C(F)(F)F)c(F)cc2CC#N)OC1(C)C. The van der Waals surface area contributed by atoms with Gasteiger partial charge in [0.05, 0.1) is 29.4 Å². The molecule has 0 aliphatic carbocycles. The van der Waals surface area contributed by atoms with Crippen LogP contribution in [0, 0.1) is 17.1 Å². The summed E-state index contributed by atoms with van der Waals surface area (Å²) in [5.74, 6) is -3.39. The lowest BCUT2D eigenvalue weighted by molar-refractivity contribution is -0.167. The van der Waals surface area contributed by atoms with Gasteiger partial charge < -0.3 is 14.6 Å².